The molecule has 7 nitrogen and oxygen atoms in total. The number of likely N-dealkylation sites (tertiary alicyclic amines) is 1. The molecule has 0 radical (unpaired) electrons. The van der Waals surface area contributed by atoms with Crippen LogP contribution < -0.4 is 10.2 Å². The molecule has 3 rings (SSSR count). The molecule has 0 aliphatic carbocycles. The van der Waals surface area contributed by atoms with Crippen molar-refractivity contribution in [1.29, 1.82) is 0 Å². The minimum atomic E-state index is -0.156. The first-order valence-corrected chi connectivity index (χ1v) is 10.9. The molecule has 0 unspecified atom stereocenters. The molecule has 0 atom stereocenters. The molecule has 0 bridgehead atoms. The molecular weight excluding hydrogens is 378 g/mol. The Hall–Kier alpha value is -2.80. The molecular formula is C23H32N5O2+. The Balaban J connectivity index is 1.49. The van der Waals surface area contributed by atoms with E-state index in [1.807, 2.05) is 18.2 Å². The van der Waals surface area contributed by atoms with Gasteiger partial charge in [0.15, 0.2) is 0 Å². The Bertz CT molecular complexity index is 779. The molecule has 0 spiro atoms. The van der Waals surface area contributed by atoms with Crippen LogP contribution in [0.1, 0.15) is 41.7 Å². The van der Waals surface area contributed by atoms with Gasteiger partial charge in [-0.2, -0.15) is 0 Å². The fourth-order valence-corrected chi connectivity index (χ4v) is 3.80. The Kier molecular flexibility index (Phi) is 8.78. The van der Waals surface area contributed by atoms with E-state index in [-0.39, 0.29) is 18.2 Å². The number of nitrogens with one attached hydrogen (secondary N) is 2. The third-order valence-electron chi connectivity index (χ3n) is 5.55. The summed E-state index contributed by atoms with van der Waals surface area (Å²) in [7, 11) is 0. The Labute approximate surface area is 178 Å². The molecule has 1 aliphatic heterocycles. The summed E-state index contributed by atoms with van der Waals surface area (Å²) in [6, 6.07) is 10.1. The van der Waals surface area contributed by atoms with Gasteiger partial charge >= 0.3 is 0 Å². The summed E-state index contributed by atoms with van der Waals surface area (Å²) in [5.74, 6) is -0.190. The Morgan fingerprint density at radius 2 is 1.83 bits per heavy atom. The lowest BCUT2D eigenvalue weighted by Gasteiger charge is -2.27. The molecule has 2 heterocycles. The van der Waals surface area contributed by atoms with Crippen molar-refractivity contribution in [3.63, 3.8) is 0 Å². The number of hydrogen-bond acceptors (Lipinski definition) is 4. The molecule has 1 aromatic heterocycles. The predicted octanol–water partition coefficient (Wildman–Crippen LogP) is 0.737. The van der Waals surface area contributed by atoms with Crippen LogP contribution in [0.4, 0.5) is 0 Å². The largest absolute Gasteiger partial charge is 0.356 e. The van der Waals surface area contributed by atoms with Crippen molar-refractivity contribution in [3.05, 3.63) is 60.2 Å². The monoisotopic (exact) mass is 410 g/mol. The van der Waals surface area contributed by atoms with E-state index < -0.39 is 0 Å². The average Bonchev–Trinajstić information content (AvgIpc) is 2.80. The highest BCUT2D eigenvalue weighted by Gasteiger charge is 2.21. The van der Waals surface area contributed by atoms with Crippen molar-refractivity contribution in [2.24, 2.45) is 0 Å². The molecule has 1 saturated heterocycles. The topological polar surface area (TPSA) is 79.6 Å². The van der Waals surface area contributed by atoms with E-state index in [0.717, 1.165) is 26.1 Å². The van der Waals surface area contributed by atoms with Gasteiger partial charge in [0.1, 0.15) is 5.69 Å². The fraction of sp³-hybridized carbons (Fsp3) is 0.478. The van der Waals surface area contributed by atoms with E-state index in [9.17, 15) is 9.59 Å². The molecule has 1 fully saturated rings. The number of quaternary nitrogens is 1. The lowest BCUT2D eigenvalue weighted by Crippen LogP contribution is -3.13. The number of aromatic nitrogens is 2. The summed E-state index contributed by atoms with van der Waals surface area (Å²) in [5.41, 5.74) is 1.53. The number of carbonyl (C=O) groups excluding carboxylic acids is 2. The maximum atomic E-state index is 12.9. The van der Waals surface area contributed by atoms with E-state index >= 15 is 0 Å². The van der Waals surface area contributed by atoms with Gasteiger partial charge in [0.2, 0.25) is 5.91 Å². The van der Waals surface area contributed by atoms with Crippen LogP contribution in [-0.4, -0.2) is 66.0 Å². The minimum absolute atomic E-state index is 0.0341. The quantitative estimate of drug-likeness (QED) is 0.605. The highest BCUT2D eigenvalue weighted by molar-refractivity contribution is 5.92. The van der Waals surface area contributed by atoms with Crippen LogP contribution in [0.5, 0.6) is 0 Å². The SMILES string of the molecule is O=C(CCN(CC[NH+]1CCCCC1)C(=O)c1cnccn1)NCCc1ccccc1. The molecule has 2 amide bonds. The molecule has 2 N–H and O–H groups in total. The zero-order valence-electron chi connectivity index (χ0n) is 17.6. The summed E-state index contributed by atoms with van der Waals surface area (Å²) < 4.78 is 0. The van der Waals surface area contributed by atoms with Gasteiger partial charge in [-0.25, -0.2) is 4.98 Å². The van der Waals surface area contributed by atoms with Gasteiger partial charge < -0.3 is 15.1 Å². The maximum absolute atomic E-state index is 12.9. The molecule has 160 valence electrons. The van der Waals surface area contributed by atoms with Crippen molar-refractivity contribution in [2.45, 2.75) is 32.1 Å². The number of rotatable bonds is 10. The van der Waals surface area contributed by atoms with Gasteiger partial charge in [-0.15, -0.1) is 0 Å². The molecule has 2 aromatic rings. The summed E-state index contributed by atoms with van der Waals surface area (Å²) in [6.07, 6.45) is 9.45. The number of amides is 2. The standard InChI is InChI=1S/C23H31N5O2/c29-22(26-11-9-20-7-3-1-4-8-20)10-16-28(18-17-27-14-5-2-6-15-27)23(30)21-19-24-12-13-25-21/h1,3-4,7-8,12-13,19H,2,5-6,9-11,14-18H2,(H,26,29)/p+1. The fourth-order valence-electron chi connectivity index (χ4n) is 3.80. The van der Waals surface area contributed by atoms with Gasteiger partial charge in [-0.05, 0) is 31.2 Å². The van der Waals surface area contributed by atoms with Crippen LogP contribution in [0.3, 0.4) is 0 Å². The maximum Gasteiger partial charge on any atom is 0.274 e. The van der Waals surface area contributed by atoms with Gasteiger partial charge in [0, 0.05) is 31.9 Å². The van der Waals surface area contributed by atoms with Crippen LogP contribution in [0.15, 0.2) is 48.9 Å². The van der Waals surface area contributed by atoms with Gasteiger partial charge in [0.25, 0.3) is 5.91 Å². The summed E-state index contributed by atoms with van der Waals surface area (Å²) in [5, 5.41) is 2.96. The zero-order valence-corrected chi connectivity index (χ0v) is 17.6. The normalized spacial score (nSPS) is 14.3. The number of carbonyl (C=O) groups is 2. The molecule has 7 heteroatoms. The second-order valence-electron chi connectivity index (χ2n) is 7.78. The molecule has 30 heavy (non-hydrogen) atoms. The first kappa shape index (κ1) is 21.9. The number of nitrogens with zero attached hydrogens (tertiary/aromatic N) is 3. The van der Waals surface area contributed by atoms with E-state index in [4.69, 9.17) is 0 Å². The van der Waals surface area contributed by atoms with E-state index in [2.05, 4.69) is 27.4 Å². The van der Waals surface area contributed by atoms with Crippen molar-refractivity contribution in [2.75, 3.05) is 39.3 Å². The summed E-state index contributed by atoms with van der Waals surface area (Å²) in [6.45, 7) is 4.84. The van der Waals surface area contributed by atoms with Crippen molar-refractivity contribution < 1.29 is 14.5 Å². The van der Waals surface area contributed by atoms with E-state index in [0.29, 0.717) is 25.3 Å². The molecule has 0 saturated carbocycles. The number of hydrogen-bond donors (Lipinski definition) is 2. The highest BCUT2D eigenvalue weighted by atomic mass is 16.2. The summed E-state index contributed by atoms with van der Waals surface area (Å²) in [4.78, 5) is 36.7. The highest BCUT2D eigenvalue weighted by Crippen LogP contribution is 2.02. The summed E-state index contributed by atoms with van der Waals surface area (Å²) >= 11 is 0. The van der Waals surface area contributed by atoms with Crippen LogP contribution in [0.25, 0.3) is 0 Å². The smallest absolute Gasteiger partial charge is 0.274 e. The lowest BCUT2D eigenvalue weighted by atomic mass is 10.1. The number of benzene rings is 1. The Morgan fingerprint density at radius 1 is 1.03 bits per heavy atom. The van der Waals surface area contributed by atoms with Crippen molar-refractivity contribution in [3.8, 4) is 0 Å². The van der Waals surface area contributed by atoms with Crippen LogP contribution in [-0.2, 0) is 11.2 Å². The first-order valence-electron chi connectivity index (χ1n) is 10.9. The van der Waals surface area contributed by atoms with E-state index in [1.165, 1.54) is 42.1 Å². The zero-order chi connectivity index (χ0) is 21.0. The van der Waals surface area contributed by atoms with Crippen LogP contribution in [0.2, 0.25) is 0 Å². The van der Waals surface area contributed by atoms with E-state index in [1.54, 1.807) is 11.1 Å². The van der Waals surface area contributed by atoms with Crippen LogP contribution in [0, 0.1) is 0 Å². The van der Waals surface area contributed by atoms with Gasteiger partial charge in [-0.1, -0.05) is 30.3 Å². The van der Waals surface area contributed by atoms with Crippen molar-refractivity contribution in [1.82, 2.24) is 20.2 Å². The second-order valence-corrected chi connectivity index (χ2v) is 7.78. The van der Waals surface area contributed by atoms with Crippen molar-refractivity contribution >= 4 is 11.8 Å². The first-order chi connectivity index (χ1) is 14.7. The second kappa shape index (κ2) is 12.0. The van der Waals surface area contributed by atoms with Gasteiger partial charge in [-0.3, -0.25) is 14.6 Å². The number of piperidine rings is 1. The average molecular weight is 411 g/mol. The third kappa shape index (κ3) is 7.22. The Morgan fingerprint density at radius 3 is 2.57 bits per heavy atom. The predicted molar refractivity (Wildman–Crippen MR) is 115 cm³/mol. The lowest BCUT2D eigenvalue weighted by molar-refractivity contribution is -0.904. The molecule has 1 aliphatic rings. The van der Waals surface area contributed by atoms with Crippen LogP contribution >= 0.6 is 0 Å². The van der Waals surface area contributed by atoms with Gasteiger partial charge in [0.05, 0.1) is 32.4 Å². The minimum Gasteiger partial charge on any atom is -0.356 e. The third-order valence-corrected chi connectivity index (χ3v) is 5.55. The molecule has 1 aromatic carbocycles.